The summed E-state index contributed by atoms with van der Waals surface area (Å²) in [5.74, 6) is 2.68. The molecule has 2 unspecified atom stereocenters. The summed E-state index contributed by atoms with van der Waals surface area (Å²) in [6.07, 6.45) is 17.3. The molecule has 6 nitrogen and oxygen atoms in total. The zero-order valence-electron chi connectivity index (χ0n) is 28.2. The molecular formula is C45H33IN6. The number of rotatable bonds is 6. The van der Waals surface area contributed by atoms with Gasteiger partial charge in [0.25, 0.3) is 0 Å². The van der Waals surface area contributed by atoms with Crippen molar-refractivity contribution in [2.75, 3.05) is 4.90 Å². The Bertz CT molecular complexity index is 2660. The van der Waals surface area contributed by atoms with Crippen molar-refractivity contribution in [1.82, 2.24) is 19.1 Å². The van der Waals surface area contributed by atoms with E-state index in [9.17, 15) is 0 Å². The fourth-order valence-electron chi connectivity index (χ4n) is 7.75. The molecule has 0 N–H and O–H groups in total. The van der Waals surface area contributed by atoms with Crippen LogP contribution in [0.15, 0.2) is 175 Å². The summed E-state index contributed by atoms with van der Waals surface area (Å²) in [6, 6.07) is 44.7. The second-order valence-corrected chi connectivity index (χ2v) is 15.0. The third-order valence-corrected chi connectivity index (χ3v) is 11.6. The minimum atomic E-state index is -0.400. The van der Waals surface area contributed by atoms with Gasteiger partial charge in [-0.25, -0.2) is 9.97 Å². The van der Waals surface area contributed by atoms with Gasteiger partial charge in [-0.15, -0.1) is 0 Å². The summed E-state index contributed by atoms with van der Waals surface area (Å²) in [4.78, 5) is 18.5. The largest absolute Gasteiger partial charge is 0.305 e. The van der Waals surface area contributed by atoms with Crippen molar-refractivity contribution < 1.29 is 0 Å². The number of aliphatic imine (C=N–C) groups is 1. The average molecular weight is 785 g/mol. The van der Waals surface area contributed by atoms with Gasteiger partial charge in [0.15, 0.2) is 0 Å². The molecule has 0 radical (unpaired) electrons. The Balaban J connectivity index is 1.27. The number of allylic oxidation sites excluding steroid dienone is 6. The monoisotopic (exact) mass is 784 g/mol. The Morgan fingerprint density at radius 2 is 1.21 bits per heavy atom. The Hall–Kier alpha value is -5.80. The fraction of sp³-hybridized carbons (Fsp3) is 0.0889. The zero-order chi connectivity index (χ0) is 34.6. The van der Waals surface area contributed by atoms with Crippen LogP contribution in [-0.4, -0.2) is 34.5 Å². The van der Waals surface area contributed by atoms with E-state index in [0.29, 0.717) is 0 Å². The summed E-state index contributed by atoms with van der Waals surface area (Å²) in [6.45, 7) is 0. The predicted octanol–water partition coefficient (Wildman–Crippen LogP) is 10.8. The lowest BCUT2D eigenvalue weighted by atomic mass is 10.0. The number of fused-ring (bicyclic) bond motifs is 3. The predicted molar refractivity (Wildman–Crippen MR) is 222 cm³/mol. The molecule has 3 aliphatic rings. The summed E-state index contributed by atoms with van der Waals surface area (Å²) in [5, 5.41) is 0. The van der Waals surface area contributed by atoms with Crippen LogP contribution in [0.2, 0.25) is 0 Å². The Kier molecular flexibility index (Phi) is 7.42. The van der Waals surface area contributed by atoms with Crippen LogP contribution < -0.4 is 4.90 Å². The van der Waals surface area contributed by atoms with E-state index in [1.165, 1.54) is 5.70 Å². The van der Waals surface area contributed by atoms with Crippen LogP contribution in [0.25, 0.3) is 56.2 Å². The van der Waals surface area contributed by atoms with Gasteiger partial charge in [0.05, 0.1) is 22.1 Å². The number of imidazole rings is 2. The first kappa shape index (κ1) is 31.0. The normalized spacial score (nSPS) is 19.3. The van der Waals surface area contributed by atoms with E-state index in [-0.39, 0.29) is 6.04 Å². The molecule has 0 spiro atoms. The fourth-order valence-corrected chi connectivity index (χ4v) is 8.81. The van der Waals surface area contributed by atoms with E-state index in [4.69, 9.17) is 15.0 Å². The second kappa shape index (κ2) is 12.5. The highest BCUT2D eigenvalue weighted by Crippen LogP contribution is 2.45. The molecule has 3 heterocycles. The minimum Gasteiger partial charge on any atom is -0.305 e. The number of hydrogen-bond acceptors (Lipinski definition) is 4. The van der Waals surface area contributed by atoms with E-state index in [2.05, 4.69) is 207 Å². The number of aromatic nitrogens is 4. The number of para-hydroxylation sites is 6. The lowest BCUT2D eigenvalue weighted by Gasteiger charge is -2.37. The number of anilines is 1. The summed E-state index contributed by atoms with van der Waals surface area (Å²) in [7, 11) is 0. The number of benzene rings is 5. The standard InChI is InChI=1S/C45H33IN6/c46-45-27-15-14-26-41(45)49-44(52(45)36-20-8-3-9-21-36)33-29-31(42-47-37-22-10-12-24-39(37)50(42)34-16-4-1-5-17-34)28-32(30-33)43-48-38-23-11-13-25-40(38)51(43)35-18-6-2-7-19-35/h1-6,8-18,20-30,41H,7,19H2. The van der Waals surface area contributed by atoms with Crippen molar-refractivity contribution in [2.45, 2.75) is 22.4 Å². The summed E-state index contributed by atoms with van der Waals surface area (Å²) < 4.78 is 4.22. The third kappa shape index (κ3) is 5.02. The van der Waals surface area contributed by atoms with Gasteiger partial charge in [-0.2, -0.15) is 0 Å². The van der Waals surface area contributed by atoms with Crippen LogP contribution in [0.4, 0.5) is 5.69 Å². The van der Waals surface area contributed by atoms with Gasteiger partial charge in [-0.05, 0) is 114 Å². The van der Waals surface area contributed by atoms with Crippen molar-refractivity contribution in [3.63, 3.8) is 0 Å². The Labute approximate surface area is 315 Å². The van der Waals surface area contributed by atoms with Crippen molar-refractivity contribution >= 4 is 61.9 Å². The van der Waals surface area contributed by atoms with Crippen molar-refractivity contribution in [1.29, 1.82) is 0 Å². The highest BCUT2D eigenvalue weighted by Gasteiger charge is 2.47. The average Bonchev–Trinajstić information content (AvgIpc) is 3.88. The molecule has 2 aromatic heterocycles. The van der Waals surface area contributed by atoms with Gasteiger partial charge >= 0.3 is 0 Å². The molecule has 5 aromatic carbocycles. The van der Waals surface area contributed by atoms with Crippen molar-refractivity contribution in [3.8, 4) is 28.5 Å². The molecule has 0 saturated carbocycles. The molecule has 7 heteroatoms. The minimum absolute atomic E-state index is 0.0574. The maximum absolute atomic E-state index is 5.48. The Morgan fingerprint density at radius 1 is 0.615 bits per heavy atom. The molecule has 7 aromatic rings. The molecule has 10 rings (SSSR count). The molecule has 2 atom stereocenters. The van der Waals surface area contributed by atoms with Crippen LogP contribution in [0.3, 0.4) is 0 Å². The molecule has 0 fully saturated rings. The highest BCUT2D eigenvalue weighted by molar-refractivity contribution is 14.1. The third-order valence-electron chi connectivity index (χ3n) is 10.1. The molecular weight excluding hydrogens is 751 g/mol. The van der Waals surface area contributed by atoms with Gasteiger partial charge in [-0.1, -0.05) is 91.0 Å². The summed E-state index contributed by atoms with van der Waals surface area (Å²) in [5.41, 5.74) is 10.4. The van der Waals surface area contributed by atoms with Gasteiger partial charge in [-0.3, -0.25) is 14.1 Å². The van der Waals surface area contributed by atoms with Crippen molar-refractivity contribution in [3.05, 3.63) is 175 Å². The number of hydrogen-bond donors (Lipinski definition) is 0. The molecule has 0 amide bonds. The molecule has 2 aliphatic carbocycles. The van der Waals surface area contributed by atoms with E-state index in [1.54, 1.807) is 0 Å². The molecule has 52 heavy (non-hydrogen) atoms. The van der Waals surface area contributed by atoms with E-state index >= 15 is 0 Å². The Morgan fingerprint density at radius 3 is 1.88 bits per heavy atom. The quantitative estimate of drug-likeness (QED) is 0.0959. The van der Waals surface area contributed by atoms with Gasteiger partial charge in [0, 0.05) is 33.8 Å². The maximum atomic E-state index is 5.48. The lowest BCUT2D eigenvalue weighted by Crippen LogP contribution is -2.47. The van der Waals surface area contributed by atoms with Crippen LogP contribution in [0.5, 0.6) is 0 Å². The van der Waals surface area contributed by atoms with E-state index in [1.807, 2.05) is 0 Å². The first-order valence-corrected chi connectivity index (χ1v) is 18.7. The number of amidine groups is 1. The van der Waals surface area contributed by atoms with Crippen molar-refractivity contribution in [2.24, 2.45) is 4.99 Å². The second-order valence-electron chi connectivity index (χ2n) is 13.3. The van der Waals surface area contributed by atoms with Gasteiger partial charge in [0.2, 0.25) is 0 Å². The maximum Gasteiger partial charge on any atom is 0.145 e. The SMILES string of the molecule is IC12C=CC=CC1N=C(c1cc(-c3nc4ccccc4n3C3=CC=CCC3)cc(-c3nc4ccccc4n3-c3ccccc3)c1)N2c1ccccc1. The first-order valence-electron chi connectivity index (χ1n) is 17.7. The summed E-state index contributed by atoms with van der Waals surface area (Å²) >= 11 is 2.58. The molecule has 250 valence electrons. The highest BCUT2D eigenvalue weighted by atomic mass is 127. The molecule has 0 saturated heterocycles. The van der Waals surface area contributed by atoms with E-state index in [0.717, 1.165) is 80.5 Å². The van der Waals surface area contributed by atoms with Crippen LogP contribution in [0.1, 0.15) is 18.4 Å². The topological polar surface area (TPSA) is 51.2 Å². The van der Waals surface area contributed by atoms with E-state index < -0.39 is 3.55 Å². The van der Waals surface area contributed by atoms with Gasteiger partial charge in [0.1, 0.15) is 27.1 Å². The number of alkyl halides is 1. The first-order chi connectivity index (χ1) is 25.7. The van der Waals surface area contributed by atoms with Crippen LogP contribution >= 0.6 is 22.6 Å². The van der Waals surface area contributed by atoms with Gasteiger partial charge < -0.3 is 4.90 Å². The number of nitrogens with zero attached hydrogens (tertiary/aromatic N) is 6. The molecule has 0 bridgehead atoms. The zero-order valence-corrected chi connectivity index (χ0v) is 30.4. The number of halogens is 1. The molecule has 1 aliphatic heterocycles. The van der Waals surface area contributed by atoms with Crippen LogP contribution in [0, 0.1) is 0 Å². The lowest BCUT2D eigenvalue weighted by molar-refractivity contribution is 0.714. The smallest absolute Gasteiger partial charge is 0.145 e. The van der Waals surface area contributed by atoms with Crippen LogP contribution in [-0.2, 0) is 0 Å².